The van der Waals surface area contributed by atoms with Crippen LogP contribution in [0.2, 0.25) is 0 Å². The van der Waals surface area contributed by atoms with Crippen molar-refractivity contribution in [2.45, 2.75) is 26.7 Å². The smallest absolute Gasteiger partial charge is 0.129 e. The van der Waals surface area contributed by atoms with Crippen molar-refractivity contribution in [3.63, 3.8) is 0 Å². The number of rotatable bonds is 7. The zero-order valence-corrected chi connectivity index (χ0v) is 10.4. The van der Waals surface area contributed by atoms with Crippen LogP contribution >= 0.6 is 0 Å². The summed E-state index contributed by atoms with van der Waals surface area (Å²) in [5, 5.41) is 3.30. The molecule has 90 valence electrons. The zero-order chi connectivity index (χ0) is 11.8. The first-order chi connectivity index (χ1) is 7.76. The first-order valence-corrected chi connectivity index (χ1v) is 5.80. The van der Waals surface area contributed by atoms with Crippen LogP contribution in [0.15, 0.2) is 12.4 Å². The van der Waals surface area contributed by atoms with Crippen molar-refractivity contribution in [2.75, 3.05) is 25.6 Å². The molecule has 16 heavy (non-hydrogen) atoms. The molecule has 0 amide bonds. The molecule has 0 fully saturated rings. The second kappa shape index (κ2) is 7.17. The molecule has 0 bridgehead atoms. The number of aryl methyl sites for hydroxylation is 1. The molecule has 1 atom stereocenters. The predicted molar refractivity (Wildman–Crippen MR) is 65.6 cm³/mol. The van der Waals surface area contributed by atoms with Crippen LogP contribution in [-0.2, 0) is 11.2 Å². The third-order valence-corrected chi connectivity index (χ3v) is 2.31. The first kappa shape index (κ1) is 12.9. The number of nitrogens with one attached hydrogen (secondary N) is 1. The molecule has 0 aliphatic heterocycles. The van der Waals surface area contributed by atoms with Crippen molar-refractivity contribution in [1.29, 1.82) is 0 Å². The minimum atomic E-state index is 0.481. The maximum Gasteiger partial charge on any atom is 0.129 e. The van der Waals surface area contributed by atoms with Gasteiger partial charge in [-0.25, -0.2) is 9.97 Å². The highest BCUT2D eigenvalue weighted by molar-refractivity contribution is 5.34. The lowest BCUT2D eigenvalue weighted by Gasteiger charge is -2.12. The molecule has 1 heterocycles. The summed E-state index contributed by atoms with van der Waals surface area (Å²) in [6, 6.07) is 2.02. The minimum Gasteiger partial charge on any atom is -0.384 e. The van der Waals surface area contributed by atoms with Crippen molar-refractivity contribution < 1.29 is 4.74 Å². The van der Waals surface area contributed by atoms with Gasteiger partial charge in [0.25, 0.3) is 0 Å². The van der Waals surface area contributed by atoms with E-state index in [0.717, 1.165) is 37.5 Å². The number of ether oxygens (including phenoxy) is 1. The van der Waals surface area contributed by atoms with Gasteiger partial charge in [-0.3, -0.25) is 0 Å². The van der Waals surface area contributed by atoms with Crippen LogP contribution in [0.25, 0.3) is 0 Å². The average Bonchev–Trinajstić information content (AvgIpc) is 2.28. The Labute approximate surface area is 97.5 Å². The molecule has 0 spiro atoms. The summed E-state index contributed by atoms with van der Waals surface area (Å²) in [6.07, 6.45) is 3.73. The van der Waals surface area contributed by atoms with Crippen LogP contribution in [0.5, 0.6) is 0 Å². The van der Waals surface area contributed by atoms with Crippen LogP contribution in [0, 0.1) is 5.92 Å². The Morgan fingerprint density at radius 3 is 2.94 bits per heavy atom. The summed E-state index contributed by atoms with van der Waals surface area (Å²) in [6.45, 7) is 5.93. The normalized spacial score (nSPS) is 12.4. The van der Waals surface area contributed by atoms with Crippen LogP contribution in [0.1, 0.15) is 26.0 Å². The molecular weight excluding hydrogens is 202 g/mol. The Kier molecular flexibility index (Phi) is 5.78. The van der Waals surface area contributed by atoms with Gasteiger partial charge in [0.15, 0.2) is 0 Å². The molecule has 0 aliphatic carbocycles. The molecule has 0 saturated carbocycles. The van der Waals surface area contributed by atoms with Crippen molar-refractivity contribution in [1.82, 2.24) is 9.97 Å². The number of anilines is 1. The Morgan fingerprint density at radius 2 is 2.25 bits per heavy atom. The molecule has 0 radical (unpaired) electrons. The standard InChI is InChI=1S/C12H21N3O/c1-4-5-11-6-12(15-9-14-11)13-7-10(2)8-16-3/h6,9-10H,4-5,7-8H2,1-3H3,(H,13,14,15). The third kappa shape index (κ3) is 4.57. The fourth-order valence-corrected chi connectivity index (χ4v) is 1.51. The van der Waals surface area contributed by atoms with Crippen LogP contribution < -0.4 is 5.32 Å². The van der Waals surface area contributed by atoms with Gasteiger partial charge in [0.05, 0.1) is 6.61 Å². The van der Waals surface area contributed by atoms with Gasteiger partial charge in [0.2, 0.25) is 0 Å². The molecule has 0 aliphatic rings. The number of nitrogens with zero attached hydrogens (tertiary/aromatic N) is 2. The predicted octanol–water partition coefficient (Wildman–Crippen LogP) is 2.12. The molecule has 1 aromatic heterocycles. The van der Waals surface area contributed by atoms with E-state index in [9.17, 15) is 0 Å². The first-order valence-electron chi connectivity index (χ1n) is 5.80. The SMILES string of the molecule is CCCc1cc(NCC(C)COC)ncn1. The molecule has 1 unspecified atom stereocenters. The summed E-state index contributed by atoms with van der Waals surface area (Å²) in [7, 11) is 1.72. The topological polar surface area (TPSA) is 47.0 Å². The summed E-state index contributed by atoms with van der Waals surface area (Å²) in [5.41, 5.74) is 1.10. The lowest BCUT2D eigenvalue weighted by atomic mass is 10.2. The third-order valence-electron chi connectivity index (χ3n) is 2.31. The van der Waals surface area contributed by atoms with Gasteiger partial charge in [0.1, 0.15) is 12.1 Å². The van der Waals surface area contributed by atoms with Gasteiger partial charge >= 0.3 is 0 Å². The van der Waals surface area contributed by atoms with Gasteiger partial charge in [-0.2, -0.15) is 0 Å². The highest BCUT2D eigenvalue weighted by atomic mass is 16.5. The van der Waals surface area contributed by atoms with E-state index in [2.05, 4.69) is 29.1 Å². The van der Waals surface area contributed by atoms with E-state index in [1.807, 2.05) is 6.07 Å². The Balaban J connectivity index is 2.44. The van der Waals surface area contributed by atoms with Gasteiger partial charge in [0, 0.05) is 25.4 Å². The second-order valence-corrected chi connectivity index (χ2v) is 4.09. The van der Waals surface area contributed by atoms with Crippen molar-refractivity contribution in [3.8, 4) is 0 Å². The summed E-state index contributed by atoms with van der Waals surface area (Å²) >= 11 is 0. The quantitative estimate of drug-likeness (QED) is 0.769. The summed E-state index contributed by atoms with van der Waals surface area (Å²) < 4.78 is 5.08. The van der Waals surface area contributed by atoms with E-state index in [1.165, 1.54) is 0 Å². The van der Waals surface area contributed by atoms with E-state index in [0.29, 0.717) is 5.92 Å². The molecule has 1 aromatic rings. The highest BCUT2D eigenvalue weighted by Gasteiger charge is 2.02. The van der Waals surface area contributed by atoms with E-state index in [4.69, 9.17) is 4.74 Å². The van der Waals surface area contributed by atoms with Crippen LogP contribution in [0.3, 0.4) is 0 Å². The van der Waals surface area contributed by atoms with Crippen molar-refractivity contribution in [3.05, 3.63) is 18.1 Å². The number of hydrogen-bond donors (Lipinski definition) is 1. The largest absolute Gasteiger partial charge is 0.384 e. The lowest BCUT2D eigenvalue weighted by Crippen LogP contribution is -2.16. The van der Waals surface area contributed by atoms with Gasteiger partial charge in [-0.05, 0) is 12.3 Å². The van der Waals surface area contributed by atoms with Crippen molar-refractivity contribution in [2.24, 2.45) is 5.92 Å². The molecule has 4 heteroatoms. The zero-order valence-electron chi connectivity index (χ0n) is 10.4. The summed E-state index contributed by atoms with van der Waals surface area (Å²) in [5.74, 6) is 1.39. The van der Waals surface area contributed by atoms with E-state index < -0.39 is 0 Å². The van der Waals surface area contributed by atoms with Crippen LogP contribution in [-0.4, -0.2) is 30.2 Å². The number of hydrogen-bond acceptors (Lipinski definition) is 4. The van der Waals surface area contributed by atoms with Crippen LogP contribution in [0.4, 0.5) is 5.82 Å². The van der Waals surface area contributed by atoms with Crippen molar-refractivity contribution >= 4 is 5.82 Å². The van der Waals surface area contributed by atoms with E-state index in [-0.39, 0.29) is 0 Å². The molecule has 4 nitrogen and oxygen atoms in total. The Morgan fingerprint density at radius 1 is 1.44 bits per heavy atom. The maximum atomic E-state index is 5.08. The molecule has 0 aromatic carbocycles. The number of aromatic nitrogens is 2. The second-order valence-electron chi connectivity index (χ2n) is 4.09. The van der Waals surface area contributed by atoms with Gasteiger partial charge in [-0.15, -0.1) is 0 Å². The average molecular weight is 223 g/mol. The Hall–Kier alpha value is -1.16. The molecule has 0 saturated heterocycles. The fraction of sp³-hybridized carbons (Fsp3) is 0.667. The van der Waals surface area contributed by atoms with Gasteiger partial charge < -0.3 is 10.1 Å². The number of methoxy groups -OCH3 is 1. The van der Waals surface area contributed by atoms with E-state index >= 15 is 0 Å². The lowest BCUT2D eigenvalue weighted by molar-refractivity contribution is 0.164. The molecule has 1 N–H and O–H groups in total. The Bertz CT molecular complexity index is 304. The molecular formula is C12H21N3O. The van der Waals surface area contributed by atoms with E-state index in [1.54, 1.807) is 13.4 Å². The minimum absolute atomic E-state index is 0.481. The highest BCUT2D eigenvalue weighted by Crippen LogP contribution is 2.07. The fourth-order valence-electron chi connectivity index (χ4n) is 1.51. The van der Waals surface area contributed by atoms with Gasteiger partial charge in [-0.1, -0.05) is 20.3 Å². The molecule has 1 rings (SSSR count). The maximum absolute atomic E-state index is 5.08. The monoisotopic (exact) mass is 223 g/mol. The summed E-state index contributed by atoms with van der Waals surface area (Å²) in [4.78, 5) is 8.41.